The van der Waals surface area contributed by atoms with Crippen LogP contribution in [-0.4, -0.2) is 36.6 Å². The van der Waals surface area contributed by atoms with Gasteiger partial charge in [-0.05, 0) is 37.6 Å². The van der Waals surface area contributed by atoms with Crippen molar-refractivity contribution in [3.05, 3.63) is 46.6 Å². The number of aromatic nitrogens is 2. The van der Waals surface area contributed by atoms with Gasteiger partial charge >= 0.3 is 0 Å². The van der Waals surface area contributed by atoms with Crippen molar-refractivity contribution < 1.29 is 14.2 Å². The minimum absolute atomic E-state index is 0.301. The number of aryl methyl sites for hydroxylation is 1. The van der Waals surface area contributed by atoms with Crippen LogP contribution in [0.15, 0.2) is 29.6 Å². The quantitative estimate of drug-likeness (QED) is 0.622. The second-order valence-corrected chi connectivity index (χ2v) is 7.37. The van der Waals surface area contributed by atoms with Gasteiger partial charge in [0.15, 0.2) is 16.6 Å². The first-order valence-corrected chi connectivity index (χ1v) is 9.77. The van der Waals surface area contributed by atoms with Crippen molar-refractivity contribution in [2.24, 2.45) is 0 Å². The molecule has 0 spiro atoms. The average molecular weight is 385 g/mol. The summed E-state index contributed by atoms with van der Waals surface area (Å²) in [4.78, 5) is 4.72. The highest BCUT2D eigenvalue weighted by Gasteiger charge is 2.16. The van der Waals surface area contributed by atoms with Gasteiger partial charge in [-0.3, -0.25) is 0 Å². The lowest BCUT2D eigenvalue weighted by Crippen LogP contribution is -2.07. The van der Waals surface area contributed by atoms with Gasteiger partial charge in [0, 0.05) is 42.5 Å². The maximum atomic E-state index is 5.50. The number of benzene rings is 1. The molecule has 1 aromatic carbocycles. The van der Waals surface area contributed by atoms with Crippen LogP contribution < -0.4 is 14.8 Å². The van der Waals surface area contributed by atoms with Crippen molar-refractivity contribution in [3.8, 4) is 22.8 Å². The van der Waals surface area contributed by atoms with Crippen molar-refractivity contribution >= 4 is 16.5 Å². The number of nitrogens with one attached hydrogen (secondary N) is 1. The summed E-state index contributed by atoms with van der Waals surface area (Å²) in [6.07, 6.45) is 0. The Morgan fingerprint density at radius 2 is 2.07 bits per heavy atom. The molecule has 3 aromatic rings. The lowest BCUT2D eigenvalue weighted by molar-refractivity contribution is 0.174. The fourth-order valence-corrected chi connectivity index (χ4v) is 4.00. The molecule has 3 heterocycles. The Kier molecular flexibility index (Phi) is 5.05. The van der Waals surface area contributed by atoms with E-state index in [2.05, 4.69) is 47.3 Å². The molecule has 0 amide bonds. The van der Waals surface area contributed by atoms with E-state index in [-0.39, 0.29) is 0 Å². The highest BCUT2D eigenvalue weighted by molar-refractivity contribution is 7.14. The Balaban J connectivity index is 1.55. The Labute approximate surface area is 162 Å². The van der Waals surface area contributed by atoms with Gasteiger partial charge in [-0.25, -0.2) is 4.98 Å². The third kappa shape index (κ3) is 3.65. The molecular formula is C20H23N3O3S. The Morgan fingerprint density at radius 3 is 2.93 bits per heavy atom. The van der Waals surface area contributed by atoms with E-state index in [9.17, 15) is 0 Å². The SMILES string of the molecule is COCCNc1nc(-c2cc(C)n(Cc3ccc4c(c3)OCO4)c2C)cs1. The molecule has 1 aliphatic heterocycles. The Bertz CT molecular complexity index is 948. The first-order valence-electron chi connectivity index (χ1n) is 8.89. The topological polar surface area (TPSA) is 57.5 Å². The minimum Gasteiger partial charge on any atom is -0.454 e. The number of fused-ring (bicyclic) bond motifs is 1. The number of hydrogen-bond donors (Lipinski definition) is 1. The monoisotopic (exact) mass is 385 g/mol. The van der Waals surface area contributed by atoms with Crippen molar-refractivity contribution in [1.29, 1.82) is 0 Å². The molecule has 0 unspecified atom stereocenters. The number of rotatable bonds is 7. The zero-order valence-corrected chi connectivity index (χ0v) is 16.6. The summed E-state index contributed by atoms with van der Waals surface area (Å²) in [5.74, 6) is 1.64. The number of thiazole rings is 1. The molecule has 0 saturated carbocycles. The van der Waals surface area contributed by atoms with Crippen molar-refractivity contribution in [3.63, 3.8) is 0 Å². The molecule has 0 radical (unpaired) electrons. The standard InChI is InChI=1S/C20H23N3O3S/c1-13-8-16(17-11-27-20(22-17)21-6-7-24-3)14(2)23(13)10-15-4-5-18-19(9-15)26-12-25-18/h4-5,8-9,11H,6-7,10,12H2,1-3H3,(H,21,22). The fourth-order valence-electron chi connectivity index (χ4n) is 3.26. The largest absolute Gasteiger partial charge is 0.454 e. The van der Waals surface area contributed by atoms with Crippen molar-refractivity contribution in [2.45, 2.75) is 20.4 Å². The number of methoxy groups -OCH3 is 1. The molecule has 0 fully saturated rings. The molecule has 0 saturated heterocycles. The minimum atomic E-state index is 0.301. The number of ether oxygens (including phenoxy) is 3. The lowest BCUT2D eigenvalue weighted by atomic mass is 10.2. The molecule has 4 rings (SSSR count). The molecule has 1 aliphatic rings. The Morgan fingerprint density at radius 1 is 1.22 bits per heavy atom. The summed E-state index contributed by atoms with van der Waals surface area (Å²) in [5.41, 5.74) is 5.78. The first kappa shape index (κ1) is 17.9. The van der Waals surface area contributed by atoms with Crippen LogP contribution in [0, 0.1) is 13.8 Å². The first-order chi connectivity index (χ1) is 13.2. The van der Waals surface area contributed by atoms with Crippen molar-refractivity contribution in [2.75, 3.05) is 32.4 Å². The summed E-state index contributed by atoms with van der Waals surface area (Å²) >= 11 is 1.62. The van der Waals surface area contributed by atoms with E-state index in [0.29, 0.717) is 13.4 Å². The van der Waals surface area contributed by atoms with Gasteiger partial charge in [0.05, 0.1) is 12.3 Å². The van der Waals surface area contributed by atoms with Gasteiger partial charge < -0.3 is 24.1 Å². The zero-order valence-electron chi connectivity index (χ0n) is 15.7. The van der Waals surface area contributed by atoms with E-state index in [1.807, 2.05) is 6.07 Å². The van der Waals surface area contributed by atoms with Gasteiger partial charge in [0.2, 0.25) is 6.79 Å². The van der Waals surface area contributed by atoms with E-state index in [1.165, 1.54) is 22.5 Å². The van der Waals surface area contributed by atoms with E-state index in [4.69, 9.17) is 19.2 Å². The molecule has 0 atom stereocenters. The predicted molar refractivity (Wildman–Crippen MR) is 107 cm³/mol. The third-order valence-corrected chi connectivity index (χ3v) is 5.51. The van der Waals surface area contributed by atoms with Crippen LogP contribution >= 0.6 is 11.3 Å². The van der Waals surface area contributed by atoms with Crippen molar-refractivity contribution in [1.82, 2.24) is 9.55 Å². The van der Waals surface area contributed by atoms with Gasteiger partial charge in [-0.2, -0.15) is 0 Å². The van der Waals surface area contributed by atoms with Crippen LogP contribution in [-0.2, 0) is 11.3 Å². The maximum absolute atomic E-state index is 5.50. The van der Waals surface area contributed by atoms with Crippen LogP contribution in [0.3, 0.4) is 0 Å². The molecule has 6 nitrogen and oxygen atoms in total. The Hall–Kier alpha value is -2.51. The predicted octanol–water partition coefficient (Wildman–Crippen LogP) is 4.06. The second-order valence-electron chi connectivity index (χ2n) is 6.52. The summed E-state index contributed by atoms with van der Waals surface area (Å²) in [5, 5.41) is 6.31. The fraction of sp³-hybridized carbons (Fsp3) is 0.350. The van der Waals surface area contributed by atoms with E-state index in [0.717, 1.165) is 35.4 Å². The highest BCUT2D eigenvalue weighted by Crippen LogP contribution is 2.34. The van der Waals surface area contributed by atoms with Gasteiger partial charge in [0.1, 0.15) is 0 Å². The van der Waals surface area contributed by atoms with E-state index < -0.39 is 0 Å². The van der Waals surface area contributed by atoms with E-state index >= 15 is 0 Å². The van der Waals surface area contributed by atoms with Crippen LogP contribution in [0.4, 0.5) is 5.13 Å². The number of anilines is 1. The molecule has 7 heteroatoms. The lowest BCUT2D eigenvalue weighted by Gasteiger charge is -2.10. The summed E-state index contributed by atoms with van der Waals surface area (Å²) in [6, 6.07) is 8.33. The molecule has 1 N–H and O–H groups in total. The normalized spacial score (nSPS) is 12.6. The van der Waals surface area contributed by atoms with Gasteiger partial charge in [-0.15, -0.1) is 11.3 Å². The summed E-state index contributed by atoms with van der Waals surface area (Å²) in [7, 11) is 1.70. The van der Waals surface area contributed by atoms with Gasteiger partial charge in [-0.1, -0.05) is 6.07 Å². The third-order valence-electron chi connectivity index (χ3n) is 4.71. The zero-order chi connectivity index (χ0) is 18.8. The molecule has 0 bridgehead atoms. The number of hydrogen-bond acceptors (Lipinski definition) is 6. The maximum Gasteiger partial charge on any atom is 0.231 e. The smallest absolute Gasteiger partial charge is 0.231 e. The van der Waals surface area contributed by atoms with Crippen LogP contribution in [0.1, 0.15) is 17.0 Å². The number of nitrogens with zero attached hydrogens (tertiary/aromatic N) is 2. The molecular weight excluding hydrogens is 362 g/mol. The summed E-state index contributed by atoms with van der Waals surface area (Å²) < 4.78 is 18.3. The molecule has 0 aliphatic carbocycles. The van der Waals surface area contributed by atoms with Crippen LogP contribution in [0.25, 0.3) is 11.3 Å². The molecule has 27 heavy (non-hydrogen) atoms. The average Bonchev–Trinajstić information content (AvgIpc) is 3.37. The molecule has 142 valence electrons. The van der Waals surface area contributed by atoms with Crippen LogP contribution in [0.2, 0.25) is 0 Å². The van der Waals surface area contributed by atoms with E-state index in [1.54, 1.807) is 18.4 Å². The highest BCUT2D eigenvalue weighted by atomic mass is 32.1. The summed E-state index contributed by atoms with van der Waals surface area (Å²) in [6.45, 7) is 6.79. The van der Waals surface area contributed by atoms with Gasteiger partial charge in [0.25, 0.3) is 0 Å². The molecule has 2 aromatic heterocycles. The second kappa shape index (κ2) is 7.62. The van der Waals surface area contributed by atoms with Crippen LogP contribution in [0.5, 0.6) is 11.5 Å².